The average Bonchev–Trinajstić information content (AvgIpc) is 3.14. The van der Waals surface area contributed by atoms with Crippen molar-refractivity contribution in [3.63, 3.8) is 0 Å². The van der Waals surface area contributed by atoms with Crippen molar-refractivity contribution in [3.8, 4) is 5.75 Å². The molecular weight excluding hydrogens is 296 g/mol. The Kier molecular flexibility index (Phi) is 6.27. The first-order valence-corrected chi connectivity index (χ1v) is 9.04. The van der Waals surface area contributed by atoms with Crippen molar-refractivity contribution in [1.82, 2.24) is 4.90 Å². The van der Waals surface area contributed by atoms with Gasteiger partial charge in [0.1, 0.15) is 12.4 Å². The number of likely N-dealkylation sites (tertiary alicyclic amines) is 1. The Hall–Kier alpha value is -1.84. The molecule has 0 aliphatic carbocycles. The zero-order valence-electron chi connectivity index (χ0n) is 14.4. The number of nitrogens with zero attached hydrogens (tertiary/aromatic N) is 1. The van der Waals surface area contributed by atoms with E-state index in [0.29, 0.717) is 19.1 Å². The molecule has 2 aromatic rings. The minimum absolute atomic E-state index is 0.493. The Labute approximate surface area is 145 Å². The normalized spacial score (nSPS) is 16.2. The van der Waals surface area contributed by atoms with Crippen LogP contribution in [0.15, 0.2) is 54.6 Å². The van der Waals surface area contributed by atoms with Crippen LogP contribution in [0.25, 0.3) is 0 Å². The van der Waals surface area contributed by atoms with Gasteiger partial charge in [-0.3, -0.25) is 0 Å². The molecule has 1 saturated heterocycles. The Balaban J connectivity index is 1.77. The predicted molar refractivity (Wildman–Crippen MR) is 99.6 cm³/mol. The van der Waals surface area contributed by atoms with Crippen LogP contribution < -0.4 is 10.5 Å². The molecule has 0 bridgehead atoms. The first-order chi connectivity index (χ1) is 11.8. The van der Waals surface area contributed by atoms with E-state index in [0.717, 1.165) is 18.7 Å². The number of hydrogen-bond donors (Lipinski definition) is 1. The molecule has 0 spiro atoms. The van der Waals surface area contributed by atoms with E-state index >= 15 is 0 Å². The van der Waals surface area contributed by atoms with Gasteiger partial charge in [-0.05, 0) is 55.6 Å². The Morgan fingerprint density at radius 3 is 2.54 bits per heavy atom. The summed E-state index contributed by atoms with van der Waals surface area (Å²) in [5.41, 5.74) is 8.31. The molecule has 1 heterocycles. The van der Waals surface area contributed by atoms with Crippen LogP contribution in [0.2, 0.25) is 0 Å². The summed E-state index contributed by atoms with van der Waals surface area (Å²) in [5, 5.41) is 0. The predicted octanol–water partition coefficient (Wildman–Crippen LogP) is 3.45. The van der Waals surface area contributed by atoms with Gasteiger partial charge in [0, 0.05) is 19.0 Å². The lowest BCUT2D eigenvalue weighted by Gasteiger charge is -2.24. The van der Waals surface area contributed by atoms with Crippen LogP contribution in [0.4, 0.5) is 0 Å². The first-order valence-electron chi connectivity index (χ1n) is 9.04. The summed E-state index contributed by atoms with van der Waals surface area (Å²) in [7, 11) is 0. The van der Waals surface area contributed by atoms with Gasteiger partial charge in [-0.15, -0.1) is 0 Å². The maximum Gasteiger partial charge on any atom is 0.119 e. The zero-order valence-corrected chi connectivity index (χ0v) is 14.4. The molecule has 3 rings (SSSR count). The van der Waals surface area contributed by atoms with Crippen molar-refractivity contribution in [3.05, 3.63) is 65.7 Å². The molecule has 24 heavy (non-hydrogen) atoms. The van der Waals surface area contributed by atoms with Crippen LogP contribution in [0.5, 0.6) is 5.75 Å². The number of rotatable bonds is 8. The fraction of sp³-hybridized carbons (Fsp3) is 0.429. The lowest BCUT2D eigenvalue weighted by Crippen LogP contribution is -2.26. The molecule has 2 N–H and O–H groups in total. The quantitative estimate of drug-likeness (QED) is 0.808. The maximum absolute atomic E-state index is 5.73. The SMILES string of the molecule is NCCOc1cccc(C(Cc2ccccc2)CN2CCCC2)c1. The summed E-state index contributed by atoms with van der Waals surface area (Å²) in [6.45, 7) is 4.70. The van der Waals surface area contributed by atoms with Gasteiger partial charge in [-0.1, -0.05) is 42.5 Å². The molecule has 0 saturated carbocycles. The highest BCUT2D eigenvalue weighted by Crippen LogP contribution is 2.27. The standard InChI is InChI=1S/C21H28N2O/c22-11-14-24-21-10-6-9-19(16-21)20(17-23-12-4-5-13-23)15-18-7-2-1-3-8-18/h1-3,6-10,16,20H,4-5,11-15,17,22H2. The molecule has 3 heteroatoms. The Morgan fingerprint density at radius 2 is 1.79 bits per heavy atom. The number of benzene rings is 2. The van der Waals surface area contributed by atoms with Gasteiger partial charge in [0.2, 0.25) is 0 Å². The van der Waals surface area contributed by atoms with Gasteiger partial charge in [0.05, 0.1) is 0 Å². The third-order valence-corrected chi connectivity index (χ3v) is 4.72. The minimum Gasteiger partial charge on any atom is -0.492 e. The largest absolute Gasteiger partial charge is 0.492 e. The highest BCUT2D eigenvalue weighted by atomic mass is 16.5. The number of nitrogens with two attached hydrogens (primary N) is 1. The lowest BCUT2D eigenvalue weighted by molar-refractivity contribution is 0.310. The smallest absolute Gasteiger partial charge is 0.119 e. The van der Waals surface area contributed by atoms with E-state index in [9.17, 15) is 0 Å². The van der Waals surface area contributed by atoms with Crippen LogP contribution in [-0.2, 0) is 6.42 Å². The Morgan fingerprint density at radius 1 is 1.00 bits per heavy atom. The van der Waals surface area contributed by atoms with Gasteiger partial charge in [0.25, 0.3) is 0 Å². The summed E-state index contributed by atoms with van der Waals surface area (Å²) in [5.74, 6) is 1.42. The fourth-order valence-electron chi connectivity index (χ4n) is 3.50. The second-order valence-corrected chi connectivity index (χ2v) is 6.60. The van der Waals surface area contributed by atoms with Gasteiger partial charge in [0.15, 0.2) is 0 Å². The third kappa shape index (κ3) is 4.83. The number of ether oxygens (including phenoxy) is 1. The van der Waals surface area contributed by atoms with Crippen LogP contribution in [0.1, 0.15) is 29.9 Å². The van der Waals surface area contributed by atoms with Crippen LogP contribution in [0.3, 0.4) is 0 Å². The minimum atomic E-state index is 0.493. The van der Waals surface area contributed by atoms with Crippen molar-refractivity contribution < 1.29 is 4.74 Å². The molecule has 1 aliphatic heterocycles. The highest BCUT2D eigenvalue weighted by Gasteiger charge is 2.20. The summed E-state index contributed by atoms with van der Waals surface area (Å²) < 4.78 is 5.73. The van der Waals surface area contributed by atoms with E-state index in [1.54, 1.807) is 0 Å². The molecule has 0 radical (unpaired) electrons. The van der Waals surface area contributed by atoms with Crippen molar-refractivity contribution in [1.29, 1.82) is 0 Å². The van der Waals surface area contributed by atoms with Crippen molar-refractivity contribution >= 4 is 0 Å². The Bertz CT molecular complexity index is 608. The molecule has 1 aliphatic rings. The lowest BCUT2D eigenvalue weighted by atomic mass is 9.91. The van der Waals surface area contributed by atoms with Crippen molar-refractivity contribution in [2.75, 3.05) is 32.8 Å². The second-order valence-electron chi connectivity index (χ2n) is 6.60. The highest BCUT2D eigenvalue weighted by molar-refractivity contribution is 5.32. The van der Waals surface area contributed by atoms with E-state index < -0.39 is 0 Å². The second kappa shape index (κ2) is 8.86. The van der Waals surface area contributed by atoms with Crippen LogP contribution >= 0.6 is 0 Å². The van der Waals surface area contributed by atoms with E-state index in [4.69, 9.17) is 10.5 Å². The van der Waals surface area contributed by atoms with E-state index in [1.165, 1.54) is 37.1 Å². The summed E-state index contributed by atoms with van der Waals surface area (Å²) in [6, 6.07) is 19.3. The average molecular weight is 324 g/mol. The summed E-state index contributed by atoms with van der Waals surface area (Å²) in [4.78, 5) is 2.60. The molecule has 1 atom stereocenters. The van der Waals surface area contributed by atoms with Crippen LogP contribution in [0, 0.1) is 0 Å². The topological polar surface area (TPSA) is 38.5 Å². The fourth-order valence-corrected chi connectivity index (χ4v) is 3.50. The molecule has 1 fully saturated rings. The van der Waals surface area contributed by atoms with E-state index in [-0.39, 0.29) is 0 Å². The van der Waals surface area contributed by atoms with Crippen molar-refractivity contribution in [2.24, 2.45) is 5.73 Å². The maximum atomic E-state index is 5.73. The molecule has 128 valence electrons. The van der Waals surface area contributed by atoms with Gasteiger partial charge in [-0.25, -0.2) is 0 Å². The molecule has 0 amide bonds. The number of hydrogen-bond acceptors (Lipinski definition) is 3. The van der Waals surface area contributed by atoms with Crippen LogP contribution in [-0.4, -0.2) is 37.7 Å². The van der Waals surface area contributed by atoms with E-state index in [1.807, 2.05) is 6.07 Å². The third-order valence-electron chi connectivity index (χ3n) is 4.72. The molecule has 1 unspecified atom stereocenters. The van der Waals surface area contributed by atoms with E-state index in [2.05, 4.69) is 53.4 Å². The summed E-state index contributed by atoms with van der Waals surface area (Å²) in [6.07, 6.45) is 3.73. The van der Waals surface area contributed by atoms with Gasteiger partial charge < -0.3 is 15.4 Å². The molecular formula is C21H28N2O. The zero-order chi connectivity index (χ0) is 16.6. The summed E-state index contributed by atoms with van der Waals surface area (Å²) >= 11 is 0. The monoisotopic (exact) mass is 324 g/mol. The van der Waals surface area contributed by atoms with Gasteiger partial charge >= 0.3 is 0 Å². The molecule has 0 aromatic heterocycles. The first kappa shape index (κ1) is 17.0. The van der Waals surface area contributed by atoms with Gasteiger partial charge in [-0.2, -0.15) is 0 Å². The van der Waals surface area contributed by atoms with Crippen molar-refractivity contribution in [2.45, 2.75) is 25.2 Å². The molecule has 2 aromatic carbocycles. The molecule has 3 nitrogen and oxygen atoms in total.